The van der Waals surface area contributed by atoms with Crippen molar-refractivity contribution in [1.29, 1.82) is 0 Å². The number of thiophene rings is 1. The average molecular weight is 458 g/mol. The van der Waals surface area contributed by atoms with E-state index < -0.39 is 5.91 Å². The van der Waals surface area contributed by atoms with E-state index in [0.29, 0.717) is 38.2 Å². The number of rotatable bonds is 6. The molecule has 1 aromatic heterocycles. The van der Waals surface area contributed by atoms with Gasteiger partial charge in [-0.05, 0) is 43.3 Å². The van der Waals surface area contributed by atoms with Gasteiger partial charge in [0.1, 0.15) is 10.6 Å². The zero-order valence-electron chi connectivity index (χ0n) is 14.6. The summed E-state index contributed by atoms with van der Waals surface area (Å²) < 4.78 is 6.05. The van der Waals surface area contributed by atoms with Gasteiger partial charge in [-0.3, -0.25) is 9.59 Å². The molecular formula is C19H15Cl3N2O3S. The minimum Gasteiger partial charge on any atom is -0.494 e. The number of halogens is 3. The molecule has 2 aromatic carbocycles. The zero-order chi connectivity index (χ0) is 20.3. The second kappa shape index (κ2) is 9.01. The summed E-state index contributed by atoms with van der Waals surface area (Å²) in [5, 5.41) is 6.90. The molecule has 0 spiro atoms. The second-order valence-electron chi connectivity index (χ2n) is 5.69. The van der Waals surface area contributed by atoms with Crippen LogP contribution in [0.5, 0.6) is 5.75 Å². The zero-order valence-corrected chi connectivity index (χ0v) is 17.7. The topological polar surface area (TPSA) is 67.4 Å². The fourth-order valence-electron chi connectivity index (χ4n) is 2.50. The van der Waals surface area contributed by atoms with Crippen molar-refractivity contribution in [3.05, 3.63) is 56.3 Å². The molecule has 0 fully saturated rings. The smallest absolute Gasteiger partial charge is 0.263 e. The van der Waals surface area contributed by atoms with Crippen LogP contribution in [0.3, 0.4) is 0 Å². The van der Waals surface area contributed by atoms with Crippen LogP contribution in [0.2, 0.25) is 15.1 Å². The number of benzene rings is 2. The Bertz CT molecular complexity index is 1040. The molecule has 0 aliphatic carbocycles. The molecule has 28 heavy (non-hydrogen) atoms. The number of anilines is 1. The van der Waals surface area contributed by atoms with Crippen molar-refractivity contribution in [1.82, 2.24) is 5.32 Å². The van der Waals surface area contributed by atoms with Gasteiger partial charge < -0.3 is 15.4 Å². The maximum atomic E-state index is 12.4. The van der Waals surface area contributed by atoms with Crippen molar-refractivity contribution in [2.24, 2.45) is 0 Å². The minimum atomic E-state index is -0.458. The van der Waals surface area contributed by atoms with Crippen LogP contribution in [0.25, 0.3) is 10.1 Å². The fraction of sp³-hybridized carbons (Fsp3) is 0.158. The Hall–Kier alpha value is -1.99. The van der Waals surface area contributed by atoms with Gasteiger partial charge in [0, 0.05) is 20.8 Å². The van der Waals surface area contributed by atoms with E-state index in [9.17, 15) is 9.59 Å². The van der Waals surface area contributed by atoms with Crippen molar-refractivity contribution in [3.63, 3.8) is 0 Å². The lowest BCUT2D eigenvalue weighted by Crippen LogP contribution is -2.32. The van der Waals surface area contributed by atoms with Gasteiger partial charge in [-0.25, -0.2) is 0 Å². The van der Waals surface area contributed by atoms with Crippen LogP contribution < -0.4 is 15.4 Å². The average Bonchev–Trinajstić information content (AvgIpc) is 2.98. The van der Waals surface area contributed by atoms with Gasteiger partial charge in [0.25, 0.3) is 5.91 Å². The van der Waals surface area contributed by atoms with E-state index in [1.807, 2.05) is 6.92 Å². The first-order chi connectivity index (χ1) is 13.4. The van der Waals surface area contributed by atoms with Crippen LogP contribution in [0.4, 0.5) is 5.69 Å². The van der Waals surface area contributed by atoms with Crippen LogP contribution in [0.15, 0.2) is 36.4 Å². The molecule has 0 bridgehead atoms. The Morgan fingerprint density at radius 3 is 2.50 bits per heavy atom. The summed E-state index contributed by atoms with van der Waals surface area (Å²) in [5.41, 5.74) is 0.601. The van der Waals surface area contributed by atoms with Gasteiger partial charge in [0.05, 0.1) is 23.2 Å². The maximum absolute atomic E-state index is 12.4. The van der Waals surface area contributed by atoms with Gasteiger partial charge in [-0.1, -0.05) is 34.8 Å². The number of fused-ring (bicyclic) bond motifs is 1. The second-order valence-corrected chi connectivity index (χ2v) is 7.97. The molecule has 0 aliphatic rings. The summed E-state index contributed by atoms with van der Waals surface area (Å²) >= 11 is 19.6. The summed E-state index contributed by atoms with van der Waals surface area (Å²) in [6.45, 7) is 2.25. The summed E-state index contributed by atoms with van der Waals surface area (Å²) in [6, 6.07) is 10.2. The molecular weight excluding hydrogens is 443 g/mol. The van der Waals surface area contributed by atoms with E-state index in [1.165, 1.54) is 0 Å². The van der Waals surface area contributed by atoms with Gasteiger partial charge >= 0.3 is 0 Å². The van der Waals surface area contributed by atoms with Crippen LogP contribution in [0, 0.1) is 0 Å². The number of nitrogens with one attached hydrogen (secondary N) is 2. The van der Waals surface area contributed by atoms with Crippen molar-refractivity contribution in [2.45, 2.75) is 6.92 Å². The quantitative estimate of drug-likeness (QED) is 0.504. The summed E-state index contributed by atoms with van der Waals surface area (Å²) in [7, 11) is 0. The van der Waals surface area contributed by atoms with E-state index >= 15 is 0 Å². The number of hydrogen-bond acceptors (Lipinski definition) is 4. The highest BCUT2D eigenvalue weighted by atomic mass is 35.5. The van der Waals surface area contributed by atoms with E-state index in [-0.39, 0.29) is 22.4 Å². The molecule has 5 nitrogen and oxygen atoms in total. The highest BCUT2D eigenvalue weighted by molar-refractivity contribution is 7.21. The number of hydrogen-bond donors (Lipinski definition) is 2. The Balaban J connectivity index is 1.63. The van der Waals surface area contributed by atoms with Crippen molar-refractivity contribution in [2.75, 3.05) is 18.5 Å². The lowest BCUT2D eigenvalue weighted by atomic mass is 10.2. The molecule has 2 amide bonds. The van der Waals surface area contributed by atoms with Gasteiger partial charge in [0.2, 0.25) is 5.91 Å². The maximum Gasteiger partial charge on any atom is 0.263 e. The van der Waals surface area contributed by atoms with E-state index in [2.05, 4.69) is 10.6 Å². The van der Waals surface area contributed by atoms with Crippen molar-refractivity contribution < 1.29 is 14.3 Å². The minimum absolute atomic E-state index is 0.203. The summed E-state index contributed by atoms with van der Waals surface area (Å²) in [5.74, 6) is -0.108. The highest BCUT2D eigenvalue weighted by Gasteiger charge is 2.20. The first-order valence-corrected chi connectivity index (χ1v) is 10.2. The molecule has 0 unspecified atom stereocenters. The fourth-order valence-corrected chi connectivity index (χ4v) is 4.80. The molecule has 3 rings (SSSR count). The summed E-state index contributed by atoms with van der Waals surface area (Å²) in [6.07, 6.45) is 0. The molecule has 1 heterocycles. The van der Waals surface area contributed by atoms with Crippen LogP contribution in [0.1, 0.15) is 16.6 Å². The first-order valence-electron chi connectivity index (χ1n) is 8.27. The Kier molecular flexibility index (Phi) is 6.67. The molecule has 0 atom stereocenters. The largest absolute Gasteiger partial charge is 0.494 e. The first kappa shape index (κ1) is 20.7. The third-order valence-corrected chi connectivity index (χ3v) is 5.86. The number of carbonyl (C=O) groups is 2. The third kappa shape index (κ3) is 4.70. The van der Waals surface area contributed by atoms with Crippen LogP contribution in [-0.2, 0) is 4.79 Å². The van der Waals surface area contributed by atoms with E-state index in [1.54, 1.807) is 36.4 Å². The molecule has 9 heteroatoms. The van der Waals surface area contributed by atoms with E-state index in [4.69, 9.17) is 39.5 Å². The van der Waals surface area contributed by atoms with Gasteiger partial charge in [-0.15, -0.1) is 11.3 Å². The van der Waals surface area contributed by atoms with Crippen LogP contribution >= 0.6 is 46.1 Å². The van der Waals surface area contributed by atoms with Crippen molar-refractivity contribution in [3.8, 4) is 5.75 Å². The summed E-state index contributed by atoms with van der Waals surface area (Å²) in [4.78, 5) is 24.8. The standard InChI is InChI=1S/C19H15Cl3N2O3S/c1-2-27-12-5-3-11(4-6-12)24-15(25)9-23-19(26)18-17(22)16-13(21)7-10(20)8-14(16)28-18/h3-8H,2,9H2,1H3,(H,23,26)(H,24,25). The van der Waals surface area contributed by atoms with Gasteiger partial charge in [0.15, 0.2) is 0 Å². The molecule has 0 saturated heterocycles. The highest BCUT2D eigenvalue weighted by Crippen LogP contribution is 2.41. The lowest BCUT2D eigenvalue weighted by Gasteiger charge is -2.08. The molecule has 0 saturated carbocycles. The predicted octanol–water partition coefficient (Wildman–Crippen LogP) is 5.63. The number of carbonyl (C=O) groups excluding carboxylic acids is 2. The molecule has 146 valence electrons. The number of amides is 2. The SMILES string of the molecule is CCOc1ccc(NC(=O)CNC(=O)c2sc3cc(Cl)cc(Cl)c3c2Cl)cc1. The molecule has 2 N–H and O–H groups in total. The normalized spacial score (nSPS) is 10.7. The molecule has 3 aromatic rings. The molecule has 0 radical (unpaired) electrons. The van der Waals surface area contributed by atoms with Crippen LogP contribution in [-0.4, -0.2) is 25.0 Å². The monoisotopic (exact) mass is 456 g/mol. The Morgan fingerprint density at radius 2 is 1.82 bits per heavy atom. The number of ether oxygens (including phenoxy) is 1. The van der Waals surface area contributed by atoms with Gasteiger partial charge in [-0.2, -0.15) is 0 Å². The molecule has 0 aliphatic heterocycles. The lowest BCUT2D eigenvalue weighted by molar-refractivity contribution is -0.115. The van der Waals surface area contributed by atoms with Crippen molar-refractivity contribution >= 4 is 73.7 Å². The Morgan fingerprint density at radius 1 is 1.11 bits per heavy atom. The third-order valence-electron chi connectivity index (χ3n) is 3.71. The van der Waals surface area contributed by atoms with E-state index in [0.717, 1.165) is 11.3 Å². The Labute approximate surface area is 180 Å². The predicted molar refractivity (Wildman–Crippen MR) is 115 cm³/mol.